The van der Waals surface area contributed by atoms with Crippen molar-refractivity contribution in [1.29, 1.82) is 0 Å². The van der Waals surface area contributed by atoms with E-state index in [1.807, 2.05) is 13.0 Å². The summed E-state index contributed by atoms with van der Waals surface area (Å²) in [5, 5.41) is 3.54. The number of nitrogens with one attached hydrogen (secondary N) is 1. The number of nitrogens with zero attached hydrogens (tertiary/aromatic N) is 1. The summed E-state index contributed by atoms with van der Waals surface area (Å²) in [5.41, 5.74) is 2.18. The summed E-state index contributed by atoms with van der Waals surface area (Å²) in [5.74, 6) is -0.168. The van der Waals surface area contributed by atoms with Crippen LogP contribution in [0.3, 0.4) is 0 Å². The summed E-state index contributed by atoms with van der Waals surface area (Å²) >= 11 is 0. The molecule has 1 N–H and O–H groups in total. The Morgan fingerprint density at radius 1 is 1.40 bits per heavy atom. The maximum atomic E-state index is 13.6. The number of hydrogen-bond donors (Lipinski definition) is 1. The molecule has 1 aromatic carbocycles. The van der Waals surface area contributed by atoms with E-state index in [2.05, 4.69) is 17.3 Å². The van der Waals surface area contributed by atoms with Crippen molar-refractivity contribution in [1.82, 2.24) is 10.2 Å². The lowest BCUT2D eigenvalue weighted by Crippen LogP contribution is -2.48. The standard InChI is InChI=1S/C16H23FN2O/c1-11-3-4-12(17)9-14(11)16-15(10-18-13-5-6-13)20-8-7-19(16)2/h3-4,9,13,15-16,18H,5-8,10H2,1-2H3. The van der Waals surface area contributed by atoms with Crippen LogP contribution in [0.15, 0.2) is 18.2 Å². The zero-order valence-electron chi connectivity index (χ0n) is 12.2. The van der Waals surface area contributed by atoms with Gasteiger partial charge in [-0.25, -0.2) is 4.39 Å². The van der Waals surface area contributed by atoms with Gasteiger partial charge in [-0.2, -0.15) is 0 Å². The number of likely N-dealkylation sites (N-methyl/N-ethyl adjacent to an activating group) is 1. The van der Waals surface area contributed by atoms with Crippen LogP contribution >= 0.6 is 0 Å². The molecule has 0 radical (unpaired) electrons. The molecular formula is C16H23FN2O. The molecule has 1 saturated carbocycles. The molecule has 3 rings (SSSR count). The fraction of sp³-hybridized carbons (Fsp3) is 0.625. The first-order valence-corrected chi connectivity index (χ1v) is 7.46. The maximum absolute atomic E-state index is 13.6. The van der Waals surface area contributed by atoms with E-state index in [4.69, 9.17) is 4.74 Å². The van der Waals surface area contributed by atoms with Gasteiger partial charge in [-0.05, 0) is 50.1 Å². The predicted octanol–water partition coefficient (Wildman–Crippen LogP) is 2.26. The van der Waals surface area contributed by atoms with Gasteiger partial charge in [-0.15, -0.1) is 0 Å². The van der Waals surface area contributed by atoms with E-state index in [1.54, 1.807) is 6.07 Å². The summed E-state index contributed by atoms with van der Waals surface area (Å²) < 4.78 is 19.6. The molecule has 2 atom stereocenters. The van der Waals surface area contributed by atoms with E-state index < -0.39 is 0 Å². The van der Waals surface area contributed by atoms with Crippen LogP contribution in [0.4, 0.5) is 4.39 Å². The molecule has 0 amide bonds. The number of halogens is 1. The van der Waals surface area contributed by atoms with E-state index in [1.165, 1.54) is 18.9 Å². The van der Waals surface area contributed by atoms with Crippen LogP contribution in [0.5, 0.6) is 0 Å². The van der Waals surface area contributed by atoms with Crippen molar-refractivity contribution in [3.63, 3.8) is 0 Å². The van der Waals surface area contributed by atoms with Crippen LogP contribution in [0.25, 0.3) is 0 Å². The number of morpholine rings is 1. The Morgan fingerprint density at radius 2 is 2.20 bits per heavy atom. The highest BCUT2D eigenvalue weighted by Crippen LogP contribution is 2.31. The van der Waals surface area contributed by atoms with Gasteiger partial charge in [0.2, 0.25) is 0 Å². The molecule has 2 fully saturated rings. The first-order chi connectivity index (χ1) is 9.65. The number of rotatable bonds is 4. The van der Waals surface area contributed by atoms with E-state index in [0.717, 1.165) is 30.8 Å². The van der Waals surface area contributed by atoms with Crippen molar-refractivity contribution in [2.75, 3.05) is 26.7 Å². The summed E-state index contributed by atoms with van der Waals surface area (Å²) in [6.45, 7) is 4.52. The van der Waals surface area contributed by atoms with Crippen molar-refractivity contribution in [3.05, 3.63) is 35.1 Å². The molecule has 0 bridgehead atoms. The molecule has 20 heavy (non-hydrogen) atoms. The highest BCUT2D eigenvalue weighted by atomic mass is 19.1. The molecule has 1 aromatic rings. The molecule has 110 valence electrons. The van der Waals surface area contributed by atoms with E-state index in [0.29, 0.717) is 6.04 Å². The Balaban J connectivity index is 1.82. The third kappa shape index (κ3) is 3.03. The first kappa shape index (κ1) is 14.0. The minimum atomic E-state index is -0.168. The topological polar surface area (TPSA) is 24.5 Å². The van der Waals surface area contributed by atoms with Gasteiger partial charge in [0.25, 0.3) is 0 Å². The number of aryl methyl sites for hydroxylation is 1. The molecule has 2 unspecified atom stereocenters. The van der Waals surface area contributed by atoms with Gasteiger partial charge in [0.1, 0.15) is 5.82 Å². The highest BCUT2D eigenvalue weighted by molar-refractivity contribution is 5.31. The van der Waals surface area contributed by atoms with Crippen LogP contribution in [-0.2, 0) is 4.74 Å². The summed E-state index contributed by atoms with van der Waals surface area (Å²) in [4.78, 5) is 2.28. The van der Waals surface area contributed by atoms with Crippen molar-refractivity contribution >= 4 is 0 Å². The average Bonchev–Trinajstić information content (AvgIpc) is 3.24. The smallest absolute Gasteiger partial charge is 0.123 e. The fourth-order valence-corrected chi connectivity index (χ4v) is 2.97. The minimum absolute atomic E-state index is 0.0925. The van der Waals surface area contributed by atoms with Gasteiger partial charge < -0.3 is 10.1 Å². The zero-order valence-corrected chi connectivity index (χ0v) is 12.2. The largest absolute Gasteiger partial charge is 0.374 e. The second kappa shape index (κ2) is 5.80. The molecule has 0 spiro atoms. The lowest BCUT2D eigenvalue weighted by atomic mass is 9.94. The Hall–Kier alpha value is -0.970. The SMILES string of the molecule is Cc1ccc(F)cc1C1C(CNC2CC2)OCCN1C. The third-order valence-corrected chi connectivity index (χ3v) is 4.35. The summed E-state index contributed by atoms with van der Waals surface area (Å²) in [6.07, 6.45) is 2.63. The molecule has 1 aliphatic heterocycles. The van der Waals surface area contributed by atoms with E-state index in [-0.39, 0.29) is 18.0 Å². The molecule has 1 heterocycles. The van der Waals surface area contributed by atoms with Crippen molar-refractivity contribution in [3.8, 4) is 0 Å². The van der Waals surface area contributed by atoms with Gasteiger partial charge in [0.15, 0.2) is 0 Å². The Morgan fingerprint density at radius 3 is 2.95 bits per heavy atom. The first-order valence-electron chi connectivity index (χ1n) is 7.46. The second-order valence-electron chi connectivity index (χ2n) is 6.02. The van der Waals surface area contributed by atoms with Crippen molar-refractivity contribution < 1.29 is 9.13 Å². The Kier molecular flexibility index (Phi) is 4.06. The monoisotopic (exact) mass is 278 g/mol. The Labute approximate surface area is 120 Å². The molecule has 1 saturated heterocycles. The van der Waals surface area contributed by atoms with Crippen LogP contribution in [0, 0.1) is 12.7 Å². The van der Waals surface area contributed by atoms with Crippen molar-refractivity contribution in [2.24, 2.45) is 0 Å². The van der Waals surface area contributed by atoms with E-state index >= 15 is 0 Å². The fourth-order valence-electron chi connectivity index (χ4n) is 2.97. The lowest BCUT2D eigenvalue weighted by molar-refractivity contribution is -0.0617. The molecule has 4 heteroatoms. The second-order valence-corrected chi connectivity index (χ2v) is 6.02. The van der Waals surface area contributed by atoms with Gasteiger partial charge >= 0.3 is 0 Å². The lowest BCUT2D eigenvalue weighted by Gasteiger charge is -2.40. The maximum Gasteiger partial charge on any atom is 0.123 e. The third-order valence-electron chi connectivity index (χ3n) is 4.35. The summed E-state index contributed by atoms with van der Waals surface area (Å²) in [7, 11) is 2.10. The zero-order chi connectivity index (χ0) is 14.1. The molecule has 0 aromatic heterocycles. The normalized spacial score (nSPS) is 27.8. The highest BCUT2D eigenvalue weighted by Gasteiger charge is 2.33. The molecular weight excluding hydrogens is 255 g/mol. The minimum Gasteiger partial charge on any atom is -0.374 e. The predicted molar refractivity (Wildman–Crippen MR) is 77.3 cm³/mol. The molecule has 2 aliphatic rings. The molecule has 3 nitrogen and oxygen atoms in total. The van der Waals surface area contributed by atoms with Crippen LogP contribution < -0.4 is 5.32 Å². The number of ether oxygens (including phenoxy) is 1. The van der Waals surface area contributed by atoms with Crippen LogP contribution in [-0.4, -0.2) is 43.8 Å². The van der Waals surface area contributed by atoms with Gasteiger partial charge in [0, 0.05) is 19.1 Å². The average molecular weight is 278 g/mol. The van der Waals surface area contributed by atoms with Crippen LogP contribution in [0.1, 0.15) is 30.0 Å². The Bertz CT molecular complexity index is 476. The van der Waals surface area contributed by atoms with Crippen LogP contribution in [0.2, 0.25) is 0 Å². The quantitative estimate of drug-likeness (QED) is 0.914. The summed E-state index contributed by atoms with van der Waals surface area (Å²) in [6, 6.07) is 5.85. The van der Waals surface area contributed by atoms with Crippen molar-refractivity contribution in [2.45, 2.75) is 38.0 Å². The number of hydrogen-bond acceptors (Lipinski definition) is 3. The van der Waals surface area contributed by atoms with Gasteiger partial charge in [-0.3, -0.25) is 4.90 Å². The van der Waals surface area contributed by atoms with Gasteiger partial charge in [-0.1, -0.05) is 6.07 Å². The van der Waals surface area contributed by atoms with Gasteiger partial charge in [0.05, 0.1) is 18.8 Å². The van der Waals surface area contributed by atoms with E-state index in [9.17, 15) is 4.39 Å². The number of benzene rings is 1. The molecule has 1 aliphatic carbocycles.